The zero-order chi connectivity index (χ0) is 15.6. The van der Waals surface area contributed by atoms with Gasteiger partial charge in [-0.3, -0.25) is 4.79 Å². The minimum Gasteiger partial charge on any atom is -0.478 e. The monoisotopic (exact) mass is 324 g/mol. The smallest absolute Gasteiger partial charge is 0.338 e. The number of benzene rings is 1. The summed E-state index contributed by atoms with van der Waals surface area (Å²) in [6.45, 7) is 1.65. The lowest BCUT2D eigenvalue weighted by Gasteiger charge is -2.10. The number of pyridine rings is 1. The first kappa shape index (κ1) is 15.3. The summed E-state index contributed by atoms with van der Waals surface area (Å²) in [6.07, 6.45) is 0. The third-order valence-electron chi connectivity index (χ3n) is 2.76. The third-order valence-corrected chi connectivity index (χ3v) is 3.15. The highest BCUT2D eigenvalue weighted by atomic mass is 35.5. The first-order valence-electron chi connectivity index (χ1n) is 5.86. The van der Waals surface area contributed by atoms with Crippen LogP contribution in [0.5, 0.6) is 0 Å². The Bertz CT molecular complexity index is 712. The first-order valence-corrected chi connectivity index (χ1v) is 6.61. The molecule has 0 aliphatic heterocycles. The van der Waals surface area contributed by atoms with E-state index in [2.05, 4.69) is 10.3 Å². The van der Waals surface area contributed by atoms with Crippen LogP contribution < -0.4 is 5.32 Å². The minimum atomic E-state index is -1.12. The number of nitrogens with zero attached hydrogens (tertiary/aromatic N) is 1. The normalized spacial score (nSPS) is 10.2. The predicted octanol–water partition coefficient (Wildman–Crippen LogP) is 3.65. The van der Waals surface area contributed by atoms with Gasteiger partial charge in [0.15, 0.2) is 0 Å². The van der Waals surface area contributed by atoms with Crippen LogP contribution in [0.2, 0.25) is 10.3 Å². The summed E-state index contributed by atoms with van der Waals surface area (Å²) in [6, 6.07) is 7.51. The molecule has 108 valence electrons. The largest absolute Gasteiger partial charge is 0.478 e. The third kappa shape index (κ3) is 3.51. The van der Waals surface area contributed by atoms with E-state index in [1.807, 2.05) is 0 Å². The van der Waals surface area contributed by atoms with Gasteiger partial charge in [0.2, 0.25) is 0 Å². The summed E-state index contributed by atoms with van der Waals surface area (Å²) in [5.41, 5.74) is 0.984. The number of nitrogens with one attached hydrogen (secondary N) is 1. The van der Waals surface area contributed by atoms with Crippen LogP contribution in [0.3, 0.4) is 0 Å². The Kier molecular flexibility index (Phi) is 4.45. The number of rotatable bonds is 3. The molecule has 0 aliphatic rings. The fraction of sp³-hybridized carbons (Fsp3) is 0.0714. The van der Waals surface area contributed by atoms with Gasteiger partial charge < -0.3 is 10.4 Å². The Morgan fingerprint density at radius 1 is 1.19 bits per heavy atom. The average Bonchev–Trinajstić information content (AvgIpc) is 2.37. The van der Waals surface area contributed by atoms with Gasteiger partial charge >= 0.3 is 5.97 Å². The van der Waals surface area contributed by atoms with Gasteiger partial charge in [-0.2, -0.15) is 0 Å². The van der Waals surface area contributed by atoms with E-state index in [9.17, 15) is 14.7 Å². The molecule has 2 rings (SSSR count). The van der Waals surface area contributed by atoms with Crippen LogP contribution >= 0.6 is 23.2 Å². The molecule has 1 aromatic heterocycles. The molecule has 0 bridgehead atoms. The fourth-order valence-electron chi connectivity index (χ4n) is 1.85. The number of carboxylic acid groups (broad SMARTS) is 1. The zero-order valence-electron chi connectivity index (χ0n) is 10.9. The number of carbonyl (C=O) groups is 2. The molecule has 7 heteroatoms. The number of hydrogen-bond acceptors (Lipinski definition) is 3. The van der Waals surface area contributed by atoms with E-state index in [1.165, 1.54) is 18.2 Å². The van der Waals surface area contributed by atoms with Crippen molar-refractivity contribution >= 4 is 40.8 Å². The van der Waals surface area contributed by atoms with Gasteiger partial charge in [-0.15, -0.1) is 0 Å². The average molecular weight is 325 g/mol. The Morgan fingerprint density at radius 2 is 1.81 bits per heavy atom. The number of anilines is 1. The van der Waals surface area contributed by atoms with Crippen LogP contribution in [0.1, 0.15) is 26.3 Å². The zero-order valence-corrected chi connectivity index (χ0v) is 12.4. The van der Waals surface area contributed by atoms with Crippen LogP contribution in [0.15, 0.2) is 30.3 Å². The molecule has 0 aliphatic carbocycles. The number of carboxylic acids is 1. The van der Waals surface area contributed by atoms with E-state index in [1.54, 1.807) is 19.1 Å². The van der Waals surface area contributed by atoms with E-state index < -0.39 is 11.9 Å². The molecule has 0 unspecified atom stereocenters. The highest BCUT2D eigenvalue weighted by molar-refractivity contribution is 6.33. The lowest BCUT2D eigenvalue weighted by Crippen LogP contribution is -2.15. The summed E-state index contributed by atoms with van der Waals surface area (Å²) in [4.78, 5) is 27.2. The highest BCUT2D eigenvalue weighted by Crippen LogP contribution is 2.21. The van der Waals surface area contributed by atoms with Gasteiger partial charge in [0.05, 0.1) is 11.3 Å². The molecule has 1 amide bonds. The van der Waals surface area contributed by atoms with Crippen molar-refractivity contribution in [2.24, 2.45) is 0 Å². The lowest BCUT2D eigenvalue weighted by molar-refractivity contribution is 0.0697. The Hall–Kier alpha value is -2.11. The van der Waals surface area contributed by atoms with Gasteiger partial charge in [0, 0.05) is 5.56 Å². The molecule has 1 aromatic carbocycles. The fourth-order valence-corrected chi connectivity index (χ4v) is 2.31. The van der Waals surface area contributed by atoms with Crippen molar-refractivity contribution < 1.29 is 14.7 Å². The highest BCUT2D eigenvalue weighted by Gasteiger charge is 2.16. The molecule has 0 saturated carbocycles. The van der Waals surface area contributed by atoms with E-state index in [0.717, 1.165) is 0 Å². The Balaban J connectivity index is 2.36. The maximum atomic E-state index is 12.2. The van der Waals surface area contributed by atoms with Gasteiger partial charge in [0.25, 0.3) is 5.91 Å². The van der Waals surface area contributed by atoms with Gasteiger partial charge in [-0.05, 0) is 30.7 Å². The van der Waals surface area contributed by atoms with Crippen molar-refractivity contribution in [2.45, 2.75) is 6.92 Å². The standard InChI is InChI=1S/C14H10Cl2N2O3/c1-7-3-2-4-9(12(7)14(20)21)17-13(19)8-5-10(15)18-11(16)6-8/h2-6H,1H3,(H,17,19)(H,20,21). The number of amides is 1. The molecule has 0 saturated heterocycles. The van der Waals surface area contributed by atoms with Crippen molar-refractivity contribution in [3.8, 4) is 0 Å². The van der Waals surface area contributed by atoms with Crippen molar-refractivity contribution in [1.82, 2.24) is 4.98 Å². The molecular weight excluding hydrogens is 315 g/mol. The second-order valence-corrected chi connectivity index (χ2v) is 5.03. The second kappa shape index (κ2) is 6.11. The summed E-state index contributed by atoms with van der Waals surface area (Å²) in [5, 5.41) is 11.9. The molecule has 5 nitrogen and oxygen atoms in total. The number of carbonyl (C=O) groups excluding carboxylic acids is 1. The number of aryl methyl sites for hydroxylation is 1. The lowest BCUT2D eigenvalue weighted by atomic mass is 10.1. The summed E-state index contributed by atoms with van der Waals surface area (Å²) >= 11 is 11.5. The molecule has 0 spiro atoms. The maximum absolute atomic E-state index is 12.2. The molecule has 1 heterocycles. The van der Waals surface area contributed by atoms with E-state index in [0.29, 0.717) is 5.56 Å². The Morgan fingerprint density at radius 3 is 2.38 bits per heavy atom. The van der Waals surface area contributed by atoms with E-state index >= 15 is 0 Å². The SMILES string of the molecule is Cc1cccc(NC(=O)c2cc(Cl)nc(Cl)c2)c1C(=O)O. The van der Waals surface area contributed by atoms with Gasteiger partial charge in [0.1, 0.15) is 10.3 Å². The molecule has 0 fully saturated rings. The topological polar surface area (TPSA) is 79.3 Å². The first-order chi connectivity index (χ1) is 9.88. The van der Waals surface area contributed by atoms with Crippen LogP contribution in [-0.2, 0) is 0 Å². The number of hydrogen-bond donors (Lipinski definition) is 2. The molecule has 2 N–H and O–H groups in total. The molecule has 21 heavy (non-hydrogen) atoms. The van der Waals surface area contributed by atoms with Crippen LogP contribution in [-0.4, -0.2) is 22.0 Å². The van der Waals surface area contributed by atoms with Crippen LogP contribution in [0.25, 0.3) is 0 Å². The van der Waals surface area contributed by atoms with Gasteiger partial charge in [-0.25, -0.2) is 9.78 Å². The maximum Gasteiger partial charge on any atom is 0.338 e. The summed E-state index contributed by atoms with van der Waals surface area (Å²) in [5.74, 6) is -1.64. The quantitative estimate of drug-likeness (QED) is 0.844. The van der Waals surface area contributed by atoms with Crippen molar-refractivity contribution in [1.29, 1.82) is 0 Å². The molecule has 0 atom stereocenters. The van der Waals surface area contributed by atoms with E-state index in [-0.39, 0.29) is 27.1 Å². The molecule has 0 radical (unpaired) electrons. The second-order valence-electron chi connectivity index (χ2n) is 4.26. The number of halogens is 2. The van der Waals surface area contributed by atoms with Crippen LogP contribution in [0, 0.1) is 6.92 Å². The minimum absolute atomic E-state index is 0.0390. The summed E-state index contributed by atoms with van der Waals surface area (Å²) in [7, 11) is 0. The predicted molar refractivity (Wildman–Crippen MR) is 80.3 cm³/mol. The van der Waals surface area contributed by atoms with Crippen molar-refractivity contribution in [2.75, 3.05) is 5.32 Å². The summed E-state index contributed by atoms with van der Waals surface area (Å²) < 4.78 is 0. The number of aromatic carboxylic acids is 1. The van der Waals surface area contributed by atoms with Crippen molar-refractivity contribution in [3.63, 3.8) is 0 Å². The van der Waals surface area contributed by atoms with Crippen molar-refractivity contribution in [3.05, 3.63) is 57.3 Å². The Labute approximate surface area is 130 Å². The molecular formula is C14H10Cl2N2O3. The molecule has 2 aromatic rings. The van der Waals surface area contributed by atoms with Gasteiger partial charge in [-0.1, -0.05) is 35.3 Å². The van der Waals surface area contributed by atoms with E-state index in [4.69, 9.17) is 23.2 Å². The number of aromatic nitrogens is 1. The van der Waals surface area contributed by atoms with Crippen LogP contribution in [0.4, 0.5) is 5.69 Å².